The molecule has 0 radical (unpaired) electrons. The van der Waals surface area contributed by atoms with Gasteiger partial charge in [-0.3, -0.25) is 4.57 Å². The number of nitrogens with zero attached hydrogens (tertiary/aromatic N) is 3. The number of aromatic nitrogens is 3. The minimum absolute atomic E-state index is 0.109. The van der Waals surface area contributed by atoms with Crippen LogP contribution in [0.25, 0.3) is 0 Å². The number of benzene rings is 1. The van der Waals surface area contributed by atoms with Gasteiger partial charge in [0.05, 0.1) is 6.54 Å². The molecular formula is C14H15ClFN3O. The first-order valence-electron chi connectivity index (χ1n) is 6.75. The molecule has 0 N–H and O–H groups in total. The Morgan fingerprint density at radius 1 is 1.30 bits per heavy atom. The highest BCUT2D eigenvalue weighted by Crippen LogP contribution is 2.18. The predicted molar refractivity (Wildman–Crippen MR) is 74.6 cm³/mol. The Hall–Kier alpha value is -1.62. The summed E-state index contributed by atoms with van der Waals surface area (Å²) in [5, 5.41) is 4.70. The van der Waals surface area contributed by atoms with E-state index in [-0.39, 0.29) is 18.1 Å². The van der Waals surface area contributed by atoms with Gasteiger partial charge in [0.1, 0.15) is 11.6 Å². The van der Waals surface area contributed by atoms with Crippen LogP contribution in [0.4, 0.5) is 4.39 Å². The molecule has 0 aliphatic carbocycles. The predicted octanol–water partition coefficient (Wildman–Crippen LogP) is 2.61. The van der Waals surface area contributed by atoms with Gasteiger partial charge in [-0.25, -0.2) is 13.9 Å². The Morgan fingerprint density at radius 3 is 2.95 bits per heavy atom. The second-order valence-electron chi connectivity index (χ2n) is 5.05. The molecule has 0 spiro atoms. The van der Waals surface area contributed by atoms with Crippen molar-refractivity contribution in [3.63, 3.8) is 0 Å². The SMILES string of the molecule is O=c1n(Cc2ccc(F)cc2Cl)nc2n1CCCCC2. The monoisotopic (exact) mass is 295 g/mol. The lowest BCUT2D eigenvalue weighted by Crippen LogP contribution is -2.25. The lowest BCUT2D eigenvalue weighted by Gasteiger charge is -2.03. The average Bonchev–Trinajstić information content (AvgIpc) is 2.61. The standard InChI is InChI=1S/C14H15ClFN3O/c15-12-8-11(16)6-5-10(12)9-19-14(20)18-7-3-1-2-4-13(18)17-19/h5-6,8H,1-4,7,9H2. The van der Waals surface area contributed by atoms with Crippen molar-refractivity contribution in [1.29, 1.82) is 0 Å². The Bertz CT molecular complexity index is 692. The van der Waals surface area contributed by atoms with Crippen LogP contribution in [-0.2, 0) is 19.5 Å². The van der Waals surface area contributed by atoms with E-state index in [1.165, 1.54) is 16.8 Å². The highest BCUT2D eigenvalue weighted by atomic mass is 35.5. The lowest BCUT2D eigenvalue weighted by molar-refractivity contribution is 0.583. The molecule has 20 heavy (non-hydrogen) atoms. The lowest BCUT2D eigenvalue weighted by atomic mass is 10.2. The van der Waals surface area contributed by atoms with E-state index >= 15 is 0 Å². The van der Waals surface area contributed by atoms with Crippen LogP contribution >= 0.6 is 11.6 Å². The van der Waals surface area contributed by atoms with Crippen LogP contribution in [0.5, 0.6) is 0 Å². The normalized spacial score (nSPS) is 14.9. The van der Waals surface area contributed by atoms with E-state index in [2.05, 4.69) is 5.10 Å². The van der Waals surface area contributed by atoms with Gasteiger partial charge in [-0.1, -0.05) is 24.1 Å². The van der Waals surface area contributed by atoms with E-state index in [1.54, 1.807) is 10.6 Å². The van der Waals surface area contributed by atoms with E-state index in [1.807, 2.05) is 0 Å². The minimum atomic E-state index is -0.383. The molecule has 2 aromatic rings. The molecular weight excluding hydrogens is 281 g/mol. The number of hydrogen-bond donors (Lipinski definition) is 0. The molecule has 1 aliphatic rings. The summed E-state index contributed by atoms with van der Waals surface area (Å²) in [4.78, 5) is 12.3. The van der Waals surface area contributed by atoms with E-state index < -0.39 is 0 Å². The fraction of sp³-hybridized carbons (Fsp3) is 0.429. The van der Waals surface area contributed by atoms with Crippen molar-refractivity contribution in [1.82, 2.24) is 14.3 Å². The van der Waals surface area contributed by atoms with Crippen LogP contribution in [0.1, 0.15) is 30.7 Å². The van der Waals surface area contributed by atoms with Crippen LogP contribution in [0, 0.1) is 5.82 Å². The molecule has 6 heteroatoms. The number of rotatable bonds is 2. The molecule has 0 fully saturated rings. The van der Waals surface area contributed by atoms with Gasteiger partial charge in [-0.2, -0.15) is 5.10 Å². The third kappa shape index (κ3) is 2.50. The summed E-state index contributed by atoms with van der Waals surface area (Å²) in [5.74, 6) is 0.456. The molecule has 106 valence electrons. The highest BCUT2D eigenvalue weighted by molar-refractivity contribution is 6.31. The summed E-state index contributed by atoms with van der Waals surface area (Å²) < 4.78 is 16.2. The summed E-state index contributed by atoms with van der Waals surface area (Å²) in [6, 6.07) is 4.19. The first-order chi connectivity index (χ1) is 9.65. The van der Waals surface area contributed by atoms with Crippen LogP contribution in [-0.4, -0.2) is 14.3 Å². The summed E-state index contributed by atoms with van der Waals surface area (Å²) in [6.07, 6.45) is 4.04. The second-order valence-corrected chi connectivity index (χ2v) is 5.46. The Morgan fingerprint density at radius 2 is 2.15 bits per heavy atom. The molecule has 1 aromatic carbocycles. The van der Waals surface area contributed by atoms with Crippen molar-refractivity contribution in [2.24, 2.45) is 0 Å². The highest BCUT2D eigenvalue weighted by Gasteiger charge is 2.16. The fourth-order valence-electron chi connectivity index (χ4n) is 2.54. The number of aryl methyl sites for hydroxylation is 1. The quantitative estimate of drug-likeness (QED) is 0.854. The van der Waals surface area contributed by atoms with Crippen molar-refractivity contribution in [3.8, 4) is 0 Å². The average molecular weight is 296 g/mol. The molecule has 0 atom stereocenters. The van der Waals surface area contributed by atoms with Crippen LogP contribution in [0.15, 0.2) is 23.0 Å². The summed E-state index contributed by atoms with van der Waals surface area (Å²) in [7, 11) is 0. The van der Waals surface area contributed by atoms with Gasteiger partial charge in [0.15, 0.2) is 0 Å². The molecule has 0 amide bonds. The van der Waals surface area contributed by atoms with Gasteiger partial charge >= 0.3 is 5.69 Å². The smallest absolute Gasteiger partial charge is 0.279 e. The van der Waals surface area contributed by atoms with Gasteiger partial charge < -0.3 is 0 Å². The molecule has 0 saturated carbocycles. The van der Waals surface area contributed by atoms with Gasteiger partial charge in [0.2, 0.25) is 0 Å². The molecule has 2 heterocycles. The maximum absolute atomic E-state index is 13.0. The van der Waals surface area contributed by atoms with E-state index in [4.69, 9.17) is 11.6 Å². The summed E-state index contributed by atoms with van der Waals surface area (Å²) in [6.45, 7) is 1.00. The number of fused-ring (bicyclic) bond motifs is 1. The van der Waals surface area contributed by atoms with E-state index in [9.17, 15) is 9.18 Å². The molecule has 0 bridgehead atoms. The van der Waals surface area contributed by atoms with Gasteiger partial charge in [-0.15, -0.1) is 0 Å². The molecule has 0 saturated heterocycles. The Balaban J connectivity index is 1.93. The fourth-order valence-corrected chi connectivity index (χ4v) is 2.77. The third-order valence-electron chi connectivity index (χ3n) is 3.62. The maximum Gasteiger partial charge on any atom is 0.346 e. The number of hydrogen-bond acceptors (Lipinski definition) is 2. The Labute approximate surface area is 120 Å². The molecule has 3 rings (SSSR count). The first-order valence-corrected chi connectivity index (χ1v) is 7.13. The summed E-state index contributed by atoms with van der Waals surface area (Å²) >= 11 is 5.99. The molecule has 4 nitrogen and oxygen atoms in total. The van der Waals surface area contributed by atoms with Crippen LogP contribution in [0.2, 0.25) is 5.02 Å². The minimum Gasteiger partial charge on any atom is -0.279 e. The van der Waals surface area contributed by atoms with Gasteiger partial charge in [0.25, 0.3) is 0 Å². The summed E-state index contributed by atoms with van der Waals surface area (Å²) in [5.41, 5.74) is 0.589. The van der Waals surface area contributed by atoms with Crippen molar-refractivity contribution in [2.75, 3.05) is 0 Å². The van der Waals surface area contributed by atoms with Crippen LogP contribution in [0.3, 0.4) is 0 Å². The zero-order chi connectivity index (χ0) is 14.1. The van der Waals surface area contributed by atoms with Crippen molar-refractivity contribution >= 4 is 11.6 Å². The Kier molecular flexibility index (Phi) is 3.61. The van der Waals surface area contributed by atoms with Crippen LogP contribution < -0.4 is 5.69 Å². The maximum atomic E-state index is 13.0. The van der Waals surface area contributed by atoms with Gasteiger partial charge in [0, 0.05) is 18.0 Å². The molecule has 1 aromatic heterocycles. The van der Waals surface area contributed by atoms with E-state index in [0.717, 1.165) is 38.1 Å². The number of halogens is 2. The van der Waals surface area contributed by atoms with Crippen molar-refractivity contribution in [2.45, 2.75) is 38.8 Å². The van der Waals surface area contributed by atoms with Crippen molar-refractivity contribution in [3.05, 3.63) is 50.9 Å². The zero-order valence-electron chi connectivity index (χ0n) is 11.0. The second kappa shape index (κ2) is 5.40. The zero-order valence-corrected chi connectivity index (χ0v) is 11.7. The van der Waals surface area contributed by atoms with Gasteiger partial charge in [-0.05, 0) is 30.5 Å². The topological polar surface area (TPSA) is 39.8 Å². The largest absolute Gasteiger partial charge is 0.346 e. The van der Waals surface area contributed by atoms with Crippen molar-refractivity contribution < 1.29 is 4.39 Å². The molecule has 1 aliphatic heterocycles. The molecule has 0 unspecified atom stereocenters. The first kappa shape index (κ1) is 13.4. The van der Waals surface area contributed by atoms with E-state index in [0.29, 0.717) is 10.6 Å². The third-order valence-corrected chi connectivity index (χ3v) is 3.97.